The molecule has 8 heavy (non-hydrogen) atoms. The van der Waals surface area contributed by atoms with E-state index in [0.29, 0.717) is 0 Å². The highest BCUT2D eigenvalue weighted by Gasteiger charge is 2.24. The first kappa shape index (κ1) is 6.09. The van der Waals surface area contributed by atoms with Crippen LogP contribution in [0.1, 0.15) is 19.8 Å². The van der Waals surface area contributed by atoms with Gasteiger partial charge in [-0.2, -0.15) is 0 Å². The maximum Gasteiger partial charge on any atom is 0.0490 e. The summed E-state index contributed by atoms with van der Waals surface area (Å²) in [5.74, 6) is 1.85. The van der Waals surface area contributed by atoms with Crippen molar-refractivity contribution in [2.75, 3.05) is 13.7 Å². The SMILES string of the molecule is COCC1CC(C)C1. The molecule has 0 saturated heterocycles. The molecular formula is C7H14O. The summed E-state index contributed by atoms with van der Waals surface area (Å²) in [5, 5.41) is 0. The van der Waals surface area contributed by atoms with E-state index in [2.05, 4.69) is 6.92 Å². The Morgan fingerprint density at radius 2 is 2.12 bits per heavy atom. The molecule has 0 aromatic carbocycles. The third-order valence-electron chi connectivity index (χ3n) is 1.87. The zero-order chi connectivity index (χ0) is 5.98. The standard InChI is InChI=1S/C7H14O/c1-6-3-7(4-6)5-8-2/h6-7H,3-5H2,1-2H3. The first-order valence-electron chi connectivity index (χ1n) is 3.32. The van der Waals surface area contributed by atoms with Crippen LogP contribution in [0.5, 0.6) is 0 Å². The molecule has 1 aliphatic carbocycles. The molecule has 0 atom stereocenters. The van der Waals surface area contributed by atoms with Gasteiger partial charge in [0.15, 0.2) is 0 Å². The lowest BCUT2D eigenvalue weighted by Crippen LogP contribution is -2.24. The van der Waals surface area contributed by atoms with E-state index in [0.717, 1.165) is 18.4 Å². The van der Waals surface area contributed by atoms with Gasteiger partial charge >= 0.3 is 0 Å². The molecular weight excluding hydrogens is 100 g/mol. The predicted octanol–water partition coefficient (Wildman–Crippen LogP) is 1.68. The fourth-order valence-electron chi connectivity index (χ4n) is 1.44. The highest BCUT2D eigenvalue weighted by Crippen LogP contribution is 2.32. The summed E-state index contributed by atoms with van der Waals surface area (Å²) in [5.41, 5.74) is 0. The van der Waals surface area contributed by atoms with E-state index in [-0.39, 0.29) is 0 Å². The van der Waals surface area contributed by atoms with Crippen molar-refractivity contribution in [3.8, 4) is 0 Å². The summed E-state index contributed by atoms with van der Waals surface area (Å²) in [6.45, 7) is 3.27. The number of rotatable bonds is 2. The zero-order valence-corrected chi connectivity index (χ0v) is 5.68. The van der Waals surface area contributed by atoms with Gasteiger partial charge in [-0.15, -0.1) is 0 Å². The van der Waals surface area contributed by atoms with Crippen molar-refractivity contribution in [2.24, 2.45) is 11.8 Å². The molecule has 0 aliphatic heterocycles. The quantitative estimate of drug-likeness (QED) is 0.530. The molecule has 0 unspecified atom stereocenters. The van der Waals surface area contributed by atoms with E-state index in [4.69, 9.17) is 4.74 Å². The summed E-state index contributed by atoms with van der Waals surface area (Å²) < 4.78 is 4.99. The van der Waals surface area contributed by atoms with Gasteiger partial charge in [0.1, 0.15) is 0 Å². The van der Waals surface area contributed by atoms with E-state index in [1.165, 1.54) is 12.8 Å². The van der Waals surface area contributed by atoms with Crippen molar-refractivity contribution in [1.29, 1.82) is 0 Å². The predicted molar refractivity (Wildman–Crippen MR) is 33.8 cm³/mol. The minimum atomic E-state index is 0.884. The first-order valence-corrected chi connectivity index (χ1v) is 3.32. The van der Waals surface area contributed by atoms with Gasteiger partial charge in [0.25, 0.3) is 0 Å². The van der Waals surface area contributed by atoms with Gasteiger partial charge in [-0.3, -0.25) is 0 Å². The van der Waals surface area contributed by atoms with Crippen LogP contribution in [0.2, 0.25) is 0 Å². The number of hydrogen-bond donors (Lipinski definition) is 0. The molecule has 1 fully saturated rings. The van der Waals surface area contributed by atoms with Crippen LogP contribution < -0.4 is 0 Å². The molecule has 1 heteroatoms. The molecule has 0 N–H and O–H groups in total. The van der Waals surface area contributed by atoms with Crippen LogP contribution in [-0.4, -0.2) is 13.7 Å². The van der Waals surface area contributed by atoms with Crippen molar-refractivity contribution in [3.63, 3.8) is 0 Å². The van der Waals surface area contributed by atoms with Crippen molar-refractivity contribution in [1.82, 2.24) is 0 Å². The average Bonchev–Trinajstić information content (AvgIpc) is 1.64. The second-order valence-corrected chi connectivity index (χ2v) is 2.90. The summed E-state index contributed by atoms with van der Waals surface area (Å²) in [6.07, 6.45) is 2.77. The number of hydrogen-bond acceptors (Lipinski definition) is 1. The van der Waals surface area contributed by atoms with Crippen LogP contribution in [0.15, 0.2) is 0 Å². The highest BCUT2D eigenvalue weighted by atomic mass is 16.5. The molecule has 0 aromatic rings. The monoisotopic (exact) mass is 114 g/mol. The maximum atomic E-state index is 4.99. The Hall–Kier alpha value is -0.0400. The number of ether oxygens (including phenoxy) is 1. The molecule has 0 bridgehead atoms. The topological polar surface area (TPSA) is 9.23 Å². The van der Waals surface area contributed by atoms with Crippen molar-refractivity contribution < 1.29 is 4.74 Å². The second kappa shape index (κ2) is 2.49. The zero-order valence-electron chi connectivity index (χ0n) is 5.68. The van der Waals surface area contributed by atoms with E-state index in [1.807, 2.05) is 0 Å². The summed E-state index contributed by atoms with van der Waals surface area (Å²) in [4.78, 5) is 0. The Morgan fingerprint density at radius 1 is 1.50 bits per heavy atom. The van der Waals surface area contributed by atoms with Crippen LogP contribution in [0.4, 0.5) is 0 Å². The molecule has 1 rings (SSSR count). The molecule has 0 spiro atoms. The Bertz CT molecular complexity index is 62.0. The van der Waals surface area contributed by atoms with Crippen LogP contribution >= 0.6 is 0 Å². The van der Waals surface area contributed by atoms with Crippen LogP contribution in [0.3, 0.4) is 0 Å². The van der Waals surface area contributed by atoms with Gasteiger partial charge in [-0.1, -0.05) is 6.92 Å². The van der Waals surface area contributed by atoms with Crippen molar-refractivity contribution in [2.45, 2.75) is 19.8 Å². The van der Waals surface area contributed by atoms with Crippen LogP contribution in [0, 0.1) is 11.8 Å². The van der Waals surface area contributed by atoms with Gasteiger partial charge in [0, 0.05) is 13.7 Å². The third-order valence-corrected chi connectivity index (χ3v) is 1.87. The summed E-state index contributed by atoms with van der Waals surface area (Å²) in [6, 6.07) is 0. The van der Waals surface area contributed by atoms with Gasteiger partial charge in [-0.05, 0) is 24.7 Å². The fourth-order valence-corrected chi connectivity index (χ4v) is 1.44. The highest BCUT2D eigenvalue weighted by molar-refractivity contribution is 4.75. The number of methoxy groups -OCH3 is 1. The molecule has 1 saturated carbocycles. The molecule has 0 radical (unpaired) electrons. The third kappa shape index (κ3) is 1.22. The lowest BCUT2D eigenvalue weighted by Gasteiger charge is -2.31. The second-order valence-electron chi connectivity index (χ2n) is 2.90. The normalized spacial score (nSPS) is 36.8. The van der Waals surface area contributed by atoms with Crippen LogP contribution in [-0.2, 0) is 4.74 Å². The minimum absolute atomic E-state index is 0.884. The molecule has 0 aromatic heterocycles. The Kier molecular flexibility index (Phi) is 1.90. The molecule has 0 heterocycles. The first-order chi connectivity index (χ1) is 3.83. The summed E-state index contributed by atoms with van der Waals surface area (Å²) >= 11 is 0. The van der Waals surface area contributed by atoms with Gasteiger partial charge in [0.05, 0.1) is 0 Å². The van der Waals surface area contributed by atoms with Gasteiger partial charge in [0.2, 0.25) is 0 Å². The smallest absolute Gasteiger partial charge is 0.0490 e. The lowest BCUT2D eigenvalue weighted by atomic mass is 9.77. The average molecular weight is 114 g/mol. The Labute approximate surface area is 51.0 Å². The van der Waals surface area contributed by atoms with E-state index in [9.17, 15) is 0 Å². The molecule has 1 nitrogen and oxygen atoms in total. The van der Waals surface area contributed by atoms with Crippen molar-refractivity contribution in [3.05, 3.63) is 0 Å². The maximum absolute atomic E-state index is 4.99. The van der Waals surface area contributed by atoms with Gasteiger partial charge in [-0.25, -0.2) is 0 Å². The van der Waals surface area contributed by atoms with Gasteiger partial charge < -0.3 is 4.74 Å². The van der Waals surface area contributed by atoms with E-state index >= 15 is 0 Å². The van der Waals surface area contributed by atoms with Crippen molar-refractivity contribution >= 4 is 0 Å². The van der Waals surface area contributed by atoms with E-state index in [1.54, 1.807) is 7.11 Å². The minimum Gasteiger partial charge on any atom is -0.384 e. The Balaban J connectivity index is 1.98. The lowest BCUT2D eigenvalue weighted by molar-refractivity contribution is 0.0805. The fraction of sp³-hybridized carbons (Fsp3) is 1.00. The Morgan fingerprint density at radius 3 is 2.50 bits per heavy atom. The summed E-state index contributed by atoms with van der Waals surface area (Å²) in [7, 11) is 1.78. The largest absolute Gasteiger partial charge is 0.384 e. The molecule has 48 valence electrons. The molecule has 1 aliphatic rings. The van der Waals surface area contributed by atoms with Crippen LogP contribution in [0.25, 0.3) is 0 Å². The molecule has 0 amide bonds. The van der Waals surface area contributed by atoms with E-state index < -0.39 is 0 Å².